The summed E-state index contributed by atoms with van der Waals surface area (Å²) < 4.78 is 0.555. The highest BCUT2D eigenvalue weighted by atomic mass is 35.5. The van der Waals surface area contributed by atoms with Crippen LogP contribution in [0.3, 0.4) is 0 Å². The third-order valence-electron chi connectivity index (χ3n) is 5.82. The molecule has 1 unspecified atom stereocenters. The van der Waals surface area contributed by atoms with Crippen molar-refractivity contribution in [2.45, 2.75) is 51.0 Å². The smallest absolute Gasteiger partial charge is 0.248 e. The Morgan fingerprint density at radius 2 is 2.19 bits per heavy atom. The predicted molar refractivity (Wildman–Crippen MR) is 108 cm³/mol. The van der Waals surface area contributed by atoms with Gasteiger partial charge in [0, 0.05) is 19.2 Å². The number of nitrogens with zero attached hydrogens (tertiary/aromatic N) is 2. The molecular weight excluding hydrogens is 382 g/mol. The molecule has 5 nitrogen and oxygen atoms in total. The van der Waals surface area contributed by atoms with E-state index in [9.17, 15) is 9.59 Å². The lowest BCUT2D eigenvalue weighted by Gasteiger charge is -2.32. The van der Waals surface area contributed by atoms with Crippen LogP contribution in [0.5, 0.6) is 0 Å². The van der Waals surface area contributed by atoms with Crippen molar-refractivity contribution in [1.82, 2.24) is 9.88 Å². The van der Waals surface area contributed by atoms with Crippen molar-refractivity contribution < 1.29 is 9.59 Å². The summed E-state index contributed by atoms with van der Waals surface area (Å²) in [5, 5.41) is 3.46. The van der Waals surface area contributed by atoms with Crippen molar-refractivity contribution >= 4 is 39.8 Å². The van der Waals surface area contributed by atoms with E-state index >= 15 is 0 Å². The van der Waals surface area contributed by atoms with E-state index < -0.39 is 0 Å². The quantitative estimate of drug-likeness (QED) is 0.787. The Kier molecular flexibility index (Phi) is 5.64. The average molecular weight is 406 g/mol. The van der Waals surface area contributed by atoms with Gasteiger partial charge < -0.3 is 10.2 Å². The maximum absolute atomic E-state index is 13.1. The summed E-state index contributed by atoms with van der Waals surface area (Å²) in [6, 6.07) is -0.282. The number of rotatable bonds is 5. The number of allylic oxidation sites excluding steroid dienone is 2. The lowest BCUT2D eigenvalue weighted by atomic mass is 9.84. The van der Waals surface area contributed by atoms with Gasteiger partial charge in [0.25, 0.3) is 0 Å². The normalized spacial score (nSPS) is 23.9. The molecule has 1 aliphatic heterocycles. The Morgan fingerprint density at radius 1 is 1.37 bits per heavy atom. The van der Waals surface area contributed by atoms with Gasteiger partial charge in [0.2, 0.25) is 5.91 Å². The Bertz CT molecular complexity index is 782. The molecule has 1 aromatic rings. The molecule has 1 N–H and O–H groups in total. The van der Waals surface area contributed by atoms with Crippen LogP contribution in [0.15, 0.2) is 30.1 Å². The Labute approximate surface area is 168 Å². The Balaban J connectivity index is 1.52. The fourth-order valence-electron chi connectivity index (χ4n) is 4.40. The largest absolute Gasteiger partial charge is 0.364 e. The molecule has 0 spiro atoms. The number of Topliss-reactive ketones (excluding diaryl/α,β-unsaturated/α-hetero) is 1. The zero-order valence-electron chi connectivity index (χ0n) is 15.2. The number of anilines is 1. The van der Waals surface area contributed by atoms with Gasteiger partial charge in [0.1, 0.15) is 16.2 Å². The van der Waals surface area contributed by atoms with Crippen LogP contribution in [0.2, 0.25) is 4.34 Å². The first-order chi connectivity index (χ1) is 13.1. The van der Waals surface area contributed by atoms with E-state index in [4.69, 9.17) is 11.6 Å². The molecule has 1 fully saturated rings. The minimum absolute atomic E-state index is 0.0569. The SMILES string of the molecule is O=C1CC=CC2=CN([C@@H](CC3CCCCC3)C(=O)Nc3ncc(Cl)s3)CC12. The molecule has 0 radical (unpaired) electrons. The zero-order chi connectivity index (χ0) is 18.8. The zero-order valence-corrected chi connectivity index (χ0v) is 16.8. The number of thiazole rings is 1. The van der Waals surface area contributed by atoms with E-state index in [-0.39, 0.29) is 23.7 Å². The first kappa shape index (κ1) is 18.7. The number of carbonyl (C=O) groups excluding carboxylic acids is 2. The first-order valence-electron chi connectivity index (χ1n) is 9.69. The molecule has 144 valence electrons. The molecule has 27 heavy (non-hydrogen) atoms. The second-order valence-corrected chi connectivity index (χ2v) is 9.33. The van der Waals surface area contributed by atoms with E-state index in [1.54, 1.807) is 6.20 Å². The van der Waals surface area contributed by atoms with Gasteiger partial charge in [-0.2, -0.15) is 0 Å². The number of carbonyl (C=O) groups is 2. The molecule has 7 heteroatoms. The van der Waals surface area contributed by atoms with Crippen molar-refractivity contribution in [2.24, 2.45) is 11.8 Å². The van der Waals surface area contributed by atoms with Crippen LogP contribution in [-0.4, -0.2) is 34.2 Å². The van der Waals surface area contributed by atoms with Gasteiger partial charge >= 0.3 is 0 Å². The number of halogens is 1. The minimum Gasteiger partial charge on any atom is -0.364 e. The van der Waals surface area contributed by atoms with E-state index in [1.165, 1.54) is 43.4 Å². The Hall–Kier alpha value is -1.66. The van der Waals surface area contributed by atoms with Crippen LogP contribution >= 0.6 is 22.9 Å². The van der Waals surface area contributed by atoms with Crippen LogP contribution in [-0.2, 0) is 9.59 Å². The molecule has 2 atom stereocenters. The monoisotopic (exact) mass is 405 g/mol. The number of nitrogens with one attached hydrogen (secondary N) is 1. The molecule has 4 rings (SSSR count). The highest BCUT2D eigenvalue weighted by molar-refractivity contribution is 7.19. The maximum atomic E-state index is 13.1. The summed E-state index contributed by atoms with van der Waals surface area (Å²) in [7, 11) is 0. The molecular formula is C20H24ClN3O2S. The van der Waals surface area contributed by atoms with Crippen molar-refractivity contribution in [2.75, 3.05) is 11.9 Å². The van der Waals surface area contributed by atoms with Gasteiger partial charge in [-0.3, -0.25) is 9.59 Å². The number of amides is 1. The molecule has 0 saturated heterocycles. The third kappa shape index (κ3) is 4.27. The average Bonchev–Trinajstić information content (AvgIpc) is 3.27. The van der Waals surface area contributed by atoms with Gasteiger partial charge in [-0.1, -0.05) is 67.2 Å². The number of hydrogen-bond acceptors (Lipinski definition) is 5. The van der Waals surface area contributed by atoms with Crippen molar-refractivity contribution in [1.29, 1.82) is 0 Å². The number of fused-ring (bicyclic) bond motifs is 1. The molecule has 0 aromatic carbocycles. The van der Waals surface area contributed by atoms with Crippen LogP contribution in [0.1, 0.15) is 44.9 Å². The lowest BCUT2D eigenvalue weighted by Crippen LogP contribution is -2.43. The van der Waals surface area contributed by atoms with E-state index in [2.05, 4.69) is 15.2 Å². The minimum atomic E-state index is -0.282. The number of aromatic nitrogens is 1. The summed E-state index contributed by atoms with van der Waals surface area (Å²) in [6.07, 6.45) is 15.0. The van der Waals surface area contributed by atoms with Crippen LogP contribution in [0.25, 0.3) is 0 Å². The standard InChI is InChI=1S/C20H24ClN3O2S/c21-18-10-22-20(27-18)23-19(26)16(9-13-5-2-1-3-6-13)24-11-14-7-4-8-17(25)15(14)12-24/h4,7,10-11,13,15-16H,1-3,5-6,8-9,12H2,(H,22,23,26)/t15?,16-/m0/s1. The molecule has 1 amide bonds. The summed E-state index contributed by atoms with van der Waals surface area (Å²) in [6.45, 7) is 0.599. The third-order valence-corrected chi connectivity index (χ3v) is 6.85. The highest BCUT2D eigenvalue weighted by Crippen LogP contribution is 2.34. The second-order valence-electron chi connectivity index (χ2n) is 7.67. The number of ketones is 1. The van der Waals surface area contributed by atoms with Gasteiger partial charge in [0.05, 0.1) is 12.1 Å². The molecule has 1 aromatic heterocycles. The van der Waals surface area contributed by atoms with Gasteiger partial charge in [-0.25, -0.2) is 4.98 Å². The van der Waals surface area contributed by atoms with E-state index in [1.807, 2.05) is 18.4 Å². The first-order valence-corrected chi connectivity index (χ1v) is 10.9. The fourth-order valence-corrected chi connectivity index (χ4v) is 5.22. The molecule has 3 aliphatic rings. The van der Waals surface area contributed by atoms with E-state index in [0.717, 1.165) is 12.0 Å². The summed E-state index contributed by atoms with van der Waals surface area (Å²) >= 11 is 7.21. The molecule has 2 heterocycles. The van der Waals surface area contributed by atoms with Crippen LogP contribution in [0, 0.1) is 11.8 Å². The molecule has 1 saturated carbocycles. The molecule has 2 aliphatic carbocycles. The summed E-state index contributed by atoms with van der Waals surface area (Å²) in [5.74, 6) is 0.654. The van der Waals surface area contributed by atoms with Crippen molar-refractivity contribution in [3.8, 4) is 0 Å². The molecule has 0 bridgehead atoms. The summed E-state index contributed by atoms with van der Waals surface area (Å²) in [5.41, 5.74) is 1.03. The van der Waals surface area contributed by atoms with Gasteiger partial charge in [-0.15, -0.1) is 0 Å². The van der Waals surface area contributed by atoms with Crippen LogP contribution < -0.4 is 5.32 Å². The topological polar surface area (TPSA) is 62.3 Å². The fraction of sp³-hybridized carbons (Fsp3) is 0.550. The van der Waals surface area contributed by atoms with Gasteiger partial charge in [-0.05, 0) is 17.9 Å². The lowest BCUT2D eigenvalue weighted by molar-refractivity contribution is -0.123. The van der Waals surface area contributed by atoms with Crippen LogP contribution in [0.4, 0.5) is 5.13 Å². The number of hydrogen-bond donors (Lipinski definition) is 1. The van der Waals surface area contributed by atoms with Crippen molar-refractivity contribution in [3.63, 3.8) is 0 Å². The second kappa shape index (κ2) is 8.15. The van der Waals surface area contributed by atoms with Gasteiger partial charge in [0.15, 0.2) is 5.13 Å². The Morgan fingerprint density at radius 3 is 2.89 bits per heavy atom. The van der Waals surface area contributed by atoms with E-state index in [0.29, 0.717) is 28.4 Å². The predicted octanol–water partition coefficient (Wildman–Crippen LogP) is 4.42. The summed E-state index contributed by atoms with van der Waals surface area (Å²) in [4.78, 5) is 31.6. The van der Waals surface area contributed by atoms with Crippen molar-refractivity contribution in [3.05, 3.63) is 34.5 Å². The highest BCUT2D eigenvalue weighted by Gasteiger charge is 2.37. The maximum Gasteiger partial charge on any atom is 0.248 e.